The molecular formula is C29H25ClN4O5S. The van der Waals surface area contributed by atoms with Gasteiger partial charge in [-0.3, -0.25) is 10.2 Å². The molecule has 40 heavy (non-hydrogen) atoms. The van der Waals surface area contributed by atoms with Gasteiger partial charge in [0.2, 0.25) is 5.17 Å². The van der Waals surface area contributed by atoms with Crippen molar-refractivity contribution in [2.45, 2.75) is 6.92 Å². The van der Waals surface area contributed by atoms with Crippen LogP contribution in [0.25, 0.3) is 6.08 Å². The highest BCUT2D eigenvalue weighted by Gasteiger charge is 2.36. The van der Waals surface area contributed by atoms with E-state index in [0.717, 1.165) is 0 Å². The molecule has 2 aliphatic heterocycles. The fourth-order valence-electron chi connectivity index (χ4n) is 3.91. The molecule has 0 radical (unpaired) electrons. The third-order valence-electron chi connectivity index (χ3n) is 5.79. The first-order valence-electron chi connectivity index (χ1n) is 12.4. The number of rotatable bonds is 10. The number of fused-ring (bicyclic) bond motifs is 1. The standard InChI is InChI=1S/C29H25ClN4O5S/c1-3-37-25-16-18(11-12-24(25)39-14-13-38-20-8-6-7-19(17-20)36-2)15-22-26(31)34-29(32-27(22)35)40-28(33-34)21-9-4-5-10-23(21)30/h4-12,15-17,31H,3,13-14H2,1-2H3. The van der Waals surface area contributed by atoms with Crippen molar-refractivity contribution in [3.8, 4) is 23.0 Å². The minimum atomic E-state index is -0.521. The van der Waals surface area contributed by atoms with E-state index in [9.17, 15) is 4.79 Å². The number of nitrogens with one attached hydrogen (secondary N) is 1. The Kier molecular flexibility index (Phi) is 8.37. The summed E-state index contributed by atoms with van der Waals surface area (Å²) in [5.74, 6) is 1.84. The van der Waals surface area contributed by atoms with Crippen LogP contribution in [0.4, 0.5) is 0 Å². The molecule has 1 N–H and O–H groups in total. The summed E-state index contributed by atoms with van der Waals surface area (Å²) < 4.78 is 22.6. The number of ether oxygens (including phenoxy) is 4. The largest absolute Gasteiger partial charge is 0.497 e. The monoisotopic (exact) mass is 576 g/mol. The van der Waals surface area contributed by atoms with Crippen LogP contribution >= 0.6 is 23.4 Å². The van der Waals surface area contributed by atoms with Crippen LogP contribution in [0.1, 0.15) is 18.1 Å². The molecule has 0 unspecified atom stereocenters. The highest BCUT2D eigenvalue weighted by molar-refractivity contribution is 8.27. The molecule has 1 amide bonds. The Balaban J connectivity index is 1.30. The third kappa shape index (κ3) is 5.98. The van der Waals surface area contributed by atoms with Crippen molar-refractivity contribution in [1.29, 1.82) is 5.41 Å². The van der Waals surface area contributed by atoms with Crippen molar-refractivity contribution in [3.63, 3.8) is 0 Å². The van der Waals surface area contributed by atoms with E-state index in [1.807, 2.05) is 43.3 Å². The summed E-state index contributed by atoms with van der Waals surface area (Å²) in [6.45, 7) is 2.90. The average Bonchev–Trinajstić information content (AvgIpc) is 3.38. The topological polar surface area (TPSA) is 106 Å². The van der Waals surface area contributed by atoms with Crippen molar-refractivity contribution >= 4 is 51.4 Å². The number of methoxy groups -OCH3 is 1. The Bertz CT molecular complexity index is 1550. The van der Waals surface area contributed by atoms with Gasteiger partial charge in [-0.1, -0.05) is 41.9 Å². The van der Waals surface area contributed by atoms with E-state index in [1.165, 1.54) is 16.8 Å². The van der Waals surface area contributed by atoms with Gasteiger partial charge in [-0.25, -0.2) is 0 Å². The van der Waals surface area contributed by atoms with E-state index < -0.39 is 5.91 Å². The molecular weight excluding hydrogens is 552 g/mol. The van der Waals surface area contributed by atoms with E-state index in [2.05, 4.69) is 10.1 Å². The summed E-state index contributed by atoms with van der Waals surface area (Å²) >= 11 is 7.52. The van der Waals surface area contributed by atoms with Crippen molar-refractivity contribution in [3.05, 3.63) is 88.5 Å². The van der Waals surface area contributed by atoms with Crippen LogP contribution < -0.4 is 18.9 Å². The van der Waals surface area contributed by atoms with Crippen molar-refractivity contribution in [1.82, 2.24) is 5.01 Å². The second kappa shape index (κ2) is 12.3. The third-order valence-corrected chi connectivity index (χ3v) is 7.06. The lowest BCUT2D eigenvalue weighted by atomic mass is 10.1. The molecule has 3 aromatic rings. The lowest BCUT2D eigenvalue weighted by molar-refractivity contribution is -0.114. The first-order valence-corrected chi connectivity index (χ1v) is 13.6. The predicted molar refractivity (Wildman–Crippen MR) is 157 cm³/mol. The van der Waals surface area contributed by atoms with Crippen LogP contribution in [0.3, 0.4) is 0 Å². The molecule has 0 saturated carbocycles. The van der Waals surface area contributed by atoms with Gasteiger partial charge in [0.25, 0.3) is 5.91 Å². The lowest BCUT2D eigenvalue weighted by Gasteiger charge is -2.20. The molecule has 9 nitrogen and oxygen atoms in total. The van der Waals surface area contributed by atoms with Gasteiger partial charge >= 0.3 is 0 Å². The fourth-order valence-corrected chi connectivity index (χ4v) is 5.12. The summed E-state index contributed by atoms with van der Waals surface area (Å²) in [6.07, 6.45) is 1.59. The summed E-state index contributed by atoms with van der Waals surface area (Å²) in [5, 5.41) is 15.9. The minimum absolute atomic E-state index is 0.0717. The lowest BCUT2D eigenvalue weighted by Crippen LogP contribution is -2.35. The molecule has 2 heterocycles. The number of nitrogens with zero attached hydrogens (tertiary/aromatic N) is 3. The number of carbonyl (C=O) groups excluding carboxylic acids is 1. The molecule has 0 spiro atoms. The van der Waals surface area contributed by atoms with Crippen LogP contribution in [0, 0.1) is 5.41 Å². The second-order valence-electron chi connectivity index (χ2n) is 8.42. The molecule has 2 aliphatic rings. The van der Waals surface area contributed by atoms with Crippen molar-refractivity contribution in [2.75, 3.05) is 26.9 Å². The van der Waals surface area contributed by atoms with E-state index in [4.69, 9.17) is 36.0 Å². The number of amidine groups is 2. The quantitative estimate of drug-likeness (QED) is 0.237. The predicted octanol–water partition coefficient (Wildman–Crippen LogP) is 5.87. The van der Waals surface area contributed by atoms with Gasteiger partial charge in [-0.15, -0.1) is 0 Å². The molecule has 3 aromatic carbocycles. The average molecular weight is 577 g/mol. The van der Waals surface area contributed by atoms with Crippen LogP contribution in [-0.4, -0.2) is 53.9 Å². The summed E-state index contributed by atoms with van der Waals surface area (Å²) in [5.41, 5.74) is 1.47. The van der Waals surface area contributed by atoms with Crippen LogP contribution in [0.15, 0.2) is 82.4 Å². The number of halogens is 1. The number of hydrogen-bond acceptors (Lipinski definition) is 8. The maximum atomic E-state index is 12.9. The molecule has 0 saturated heterocycles. The maximum Gasteiger partial charge on any atom is 0.283 e. The minimum Gasteiger partial charge on any atom is -0.497 e. The van der Waals surface area contributed by atoms with Crippen LogP contribution in [0.2, 0.25) is 5.02 Å². The maximum absolute atomic E-state index is 12.9. The number of hydrazone groups is 1. The van der Waals surface area contributed by atoms with Gasteiger partial charge < -0.3 is 18.9 Å². The molecule has 5 rings (SSSR count). The fraction of sp³-hybridized carbons (Fsp3) is 0.172. The summed E-state index contributed by atoms with van der Waals surface area (Å²) in [4.78, 5) is 17.0. The van der Waals surface area contributed by atoms with Gasteiger partial charge in [0.05, 0.1) is 24.3 Å². The molecule has 0 fully saturated rings. The number of amides is 1. The van der Waals surface area contributed by atoms with Gasteiger partial charge in [-0.05, 0) is 60.7 Å². The second-order valence-corrected chi connectivity index (χ2v) is 9.78. The summed E-state index contributed by atoms with van der Waals surface area (Å²) in [6, 6.07) is 19.9. The Hall–Kier alpha value is -4.28. The van der Waals surface area contributed by atoms with Gasteiger partial charge in [0.1, 0.15) is 29.8 Å². The van der Waals surface area contributed by atoms with Crippen LogP contribution in [-0.2, 0) is 4.79 Å². The number of aliphatic imine (C=N–C) groups is 1. The van der Waals surface area contributed by atoms with Crippen molar-refractivity contribution < 1.29 is 23.7 Å². The normalized spacial score (nSPS) is 15.5. The Morgan fingerprint density at radius 1 is 0.975 bits per heavy atom. The zero-order chi connectivity index (χ0) is 28.1. The number of benzene rings is 3. The van der Waals surface area contributed by atoms with Crippen molar-refractivity contribution in [2.24, 2.45) is 10.1 Å². The molecule has 11 heteroatoms. The molecule has 204 valence electrons. The SMILES string of the molecule is CCOc1cc(C=C2C(=N)N3N=C(c4ccccc4Cl)SC3=NC2=O)ccc1OCCOc1cccc(OC)c1. The smallest absolute Gasteiger partial charge is 0.283 e. The Labute approximate surface area is 240 Å². The first-order chi connectivity index (χ1) is 19.5. The van der Waals surface area contributed by atoms with E-state index in [1.54, 1.807) is 43.5 Å². The summed E-state index contributed by atoms with van der Waals surface area (Å²) in [7, 11) is 1.60. The van der Waals surface area contributed by atoms with Gasteiger partial charge in [-0.2, -0.15) is 15.1 Å². The highest BCUT2D eigenvalue weighted by Crippen LogP contribution is 2.34. The molecule has 0 aliphatic carbocycles. The van der Waals surface area contributed by atoms with Gasteiger partial charge in [0.15, 0.2) is 17.3 Å². The first kappa shape index (κ1) is 27.3. The van der Waals surface area contributed by atoms with Crippen LogP contribution in [0.5, 0.6) is 23.0 Å². The van der Waals surface area contributed by atoms with E-state index >= 15 is 0 Å². The zero-order valence-corrected chi connectivity index (χ0v) is 23.3. The molecule has 0 aromatic heterocycles. The number of carbonyl (C=O) groups is 1. The Morgan fingerprint density at radius 2 is 1.77 bits per heavy atom. The van der Waals surface area contributed by atoms with E-state index in [0.29, 0.717) is 62.6 Å². The van der Waals surface area contributed by atoms with E-state index in [-0.39, 0.29) is 18.0 Å². The molecule has 0 bridgehead atoms. The highest BCUT2D eigenvalue weighted by atomic mass is 35.5. The zero-order valence-electron chi connectivity index (χ0n) is 21.7. The number of hydrogen-bond donors (Lipinski definition) is 1. The Morgan fingerprint density at radius 3 is 2.58 bits per heavy atom. The number of thioether (sulfide) groups is 1. The van der Waals surface area contributed by atoms with Gasteiger partial charge in [0, 0.05) is 11.6 Å². The molecule has 0 atom stereocenters.